The lowest BCUT2D eigenvalue weighted by Gasteiger charge is -2.11. The largest absolute Gasteiger partial charge is 0.491 e. The molecule has 9 heteroatoms. The molecular formula is C19H20N2O5S2. The summed E-state index contributed by atoms with van der Waals surface area (Å²) < 4.78 is 56.8. The van der Waals surface area contributed by atoms with Gasteiger partial charge >= 0.3 is 0 Å². The molecule has 28 heavy (non-hydrogen) atoms. The molecule has 0 atom stereocenters. The lowest BCUT2D eigenvalue weighted by Crippen LogP contribution is -2.27. The van der Waals surface area contributed by atoms with Crippen LogP contribution in [0.15, 0.2) is 70.6 Å². The molecule has 1 aromatic heterocycles. The number of nitrogens with one attached hydrogen (secondary N) is 1. The number of para-hydroxylation sites is 1. The van der Waals surface area contributed by atoms with Gasteiger partial charge in [-0.15, -0.1) is 0 Å². The summed E-state index contributed by atoms with van der Waals surface area (Å²) in [5.74, 6) is 0.628. The predicted octanol–water partition coefficient (Wildman–Crippen LogP) is 2.39. The molecule has 0 bridgehead atoms. The highest BCUT2D eigenvalue weighted by Gasteiger charge is 2.22. The van der Waals surface area contributed by atoms with Crippen LogP contribution in [0.25, 0.3) is 10.9 Å². The molecule has 2 aromatic carbocycles. The number of rotatable bonds is 8. The Balaban J connectivity index is 1.61. The SMILES string of the molecule is CS(=O)(=O)c1ccccc1S(=O)(=O)NCCCOc1cccc2cccnc12. The van der Waals surface area contributed by atoms with Crippen LogP contribution in [0.2, 0.25) is 0 Å². The smallest absolute Gasteiger partial charge is 0.241 e. The summed E-state index contributed by atoms with van der Waals surface area (Å²) in [5, 5.41) is 0.957. The fourth-order valence-corrected chi connectivity index (χ4v) is 5.41. The molecule has 0 aliphatic heterocycles. The monoisotopic (exact) mass is 420 g/mol. The van der Waals surface area contributed by atoms with E-state index in [1.165, 1.54) is 24.3 Å². The number of hydrogen-bond acceptors (Lipinski definition) is 6. The molecule has 0 unspecified atom stereocenters. The van der Waals surface area contributed by atoms with E-state index in [1.807, 2.05) is 30.3 Å². The molecule has 0 saturated heterocycles. The van der Waals surface area contributed by atoms with Crippen LogP contribution in [0.3, 0.4) is 0 Å². The van der Waals surface area contributed by atoms with Crippen LogP contribution in [0.5, 0.6) is 5.75 Å². The van der Waals surface area contributed by atoms with E-state index in [4.69, 9.17) is 4.74 Å². The Morgan fingerprint density at radius 1 is 0.929 bits per heavy atom. The maximum Gasteiger partial charge on any atom is 0.241 e. The molecule has 7 nitrogen and oxygen atoms in total. The zero-order chi connectivity index (χ0) is 20.2. The normalized spacial score (nSPS) is 12.2. The average molecular weight is 421 g/mol. The Morgan fingerprint density at radius 3 is 2.39 bits per heavy atom. The second-order valence-electron chi connectivity index (χ2n) is 6.15. The Kier molecular flexibility index (Phi) is 5.97. The number of fused-ring (bicyclic) bond motifs is 1. The third kappa shape index (κ3) is 4.67. The van der Waals surface area contributed by atoms with E-state index in [0.29, 0.717) is 12.2 Å². The van der Waals surface area contributed by atoms with Gasteiger partial charge in [0, 0.05) is 24.4 Å². The number of sulfone groups is 1. The first-order valence-corrected chi connectivity index (χ1v) is 11.9. The molecule has 1 N–H and O–H groups in total. The lowest BCUT2D eigenvalue weighted by atomic mass is 10.2. The Morgan fingerprint density at radius 2 is 1.64 bits per heavy atom. The van der Waals surface area contributed by atoms with Crippen LogP contribution in [-0.4, -0.2) is 41.2 Å². The fourth-order valence-electron chi connectivity index (χ4n) is 2.71. The van der Waals surface area contributed by atoms with Crippen molar-refractivity contribution in [1.29, 1.82) is 0 Å². The Hall–Kier alpha value is -2.49. The van der Waals surface area contributed by atoms with Crippen molar-refractivity contribution >= 4 is 30.8 Å². The zero-order valence-electron chi connectivity index (χ0n) is 15.2. The molecule has 0 spiro atoms. The second kappa shape index (κ2) is 8.26. The molecular weight excluding hydrogens is 400 g/mol. The first-order chi connectivity index (χ1) is 13.3. The number of sulfonamides is 1. The summed E-state index contributed by atoms with van der Waals surface area (Å²) >= 11 is 0. The third-order valence-corrected chi connectivity index (χ3v) is 6.81. The van der Waals surface area contributed by atoms with Gasteiger partial charge in [0.2, 0.25) is 10.0 Å². The predicted molar refractivity (Wildman–Crippen MR) is 107 cm³/mol. The molecule has 0 saturated carbocycles. The average Bonchev–Trinajstić information content (AvgIpc) is 2.67. The second-order valence-corrected chi connectivity index (χ2v) is 9.87. The summed E-state index contributed by atoms with van der Waals surface area (Å²) in [5.41, 5.74) is 0.743. The topological polar surface area (TPSA) is 102 Å². The van der Waals surface area contributed by atoms with E-state index >= 15 is 0 Å². The quantitative estimate of drug-likeness (QED) is 0.562. The van der Waals surface area contributed by atoms with Gasteiger partial charge in [0.15, 0.2) is 9.84 Å². The van der Waals surface area contributed by atoms with Crippen LogP contribution < -0.4 is 9.46 Å². The van der Waals surface area contributed by atoms with E-state index in [1.54, 1.807) is 6.20 Å². The molecule has 0 aliphatic carbocycles. The standard InChI is InChI=1S/C19H20N2O5S2/c1-27(22,23)17-10-2-3-11-18(17)28(24,25)21-13-6-14-26-16-9-4-7-15-8-5-12-20-19(15)16/h2-5,7-12,21H,6,13-14H2,1H3. The van der Waals surface area contributed by atoms with Crippen molar-refractivity contribution in [2.24, 2.45) is 0 Å². The van der Waals surface area contributed by atoms with Gasteiger partial charge in [0.1, 0.15) is 16.2 Å². The summed E-state index contributed by atoms with van der Waals surface area (Å²) in [7, 11) is -7.61. The number of ether oxygens (including phenoxy) is 1. The third-order valence-electron chi connectivity index (χ3n) is 4.00. The van der Waals surface area contributed by atoms with Crippen molar-refractivity contribution in [2.45, 2.75) is 16.2 Å². The first-order valence-electron chi connectivity index (χ1n) is 8.54. The van der Waals surface area contributed by atoms with Crippen LogP contribution in [0.1, 0.15) is 6.42 Å². The highest BCUT2D eigenvalue weighted by molar-refractivity contribution is 7.93. The fraction of sp³-hybridized carbons (Fsp3) is 0.211. The minimum atomic E-state index is -3.95. The van der Waals surface area contributed by atoms with Gasteiger partial charge in [-0.25, -0.2) is 21.6 Å². The first kappa shape index (κ1) is 20.2. The van der Waals surface area contributed by atoms with Gasteiger partial charge < -0.3 is 4.74 Å². The zero-order valence-corrected chi connectivity index (χ0v) is 16.8. The van der Waals surface area contributed by atoms with Crippen LogP contribution in [-0.2, 0) is 19.9 Å². The van der Waals surface area contributed by atoms with Gasteiger partial charge in [-0.3, -0.25) is 4.98 Å². The van der Waals surface area contributed by atoms with Crippen molar-refractivity contribution in [3.8, 4) is 5.75 Å². The number of hydrogen-bond donors (Lipinski definition) is 1. The Bertz CT molecular complexity index is 1190. The summed E-state index contributed by atoms with van der Waals surface area (Å²) in [6, 6.07) is 14.9. The molecule has 1 heterocycles. The van der Waals surface area contributed by atoms with Crippen molar-refractivity contribution in [2.75, 3.05) is 19.4 Å². The minimum absolute atomic E-state index is 0.110. The molecule has 0 aliphatic rings. The summed E-state index contributed by atoms with van der Waals surface area (Å²) in [4.78, 5) is 3.82. The number of pyridine rings is 1. The van der Waals surface area contributed by atoms with Crippen molar-refractivity contribution < 1.29 is 21.6 Å². The molecule has 0 fully saturated rings. The van der Waals surface area contributed by atoms with E-state index in [2.05, 4.69) is 9.71 Å². The van der Waals surface area contributed by atoms with Gasteiger partial charge in [0.25, 0.3) is 0 Å². The summed E-state index contributed by atoms with van der Waals surface area (Å²) in [6.45, 7) is 0.393. The minimum Gasteiger partial charge on any atom is -0.491 e. The van der Waals surface area contributed by atoms with Crippen molar-refractivity contribution in [3.63, 3.8) is 0 Å². The molecule has 0 radical (unpaired) electrons. The van der Waals surface area contributed by atoms with Crippen LogP contribution >= 0.6 is 0 Å². The van der Waals surface area contributed by atoms with Gasteiger partial charge in [-0.1, -0.05) is 30.3 Å². The number of nitrogens with zero attached hydrogens (tertiary/aromatic N) is 1. The molecule has 0 amide bonds. The number of aromatic nitrogens is 1. The van der Waals surface area contributed by atoms with Crippen LogP contribution in [0, 0.1) is 0 Å². The highest BCUT2D eigenvalue weighted by atomic mass is 32.2. The van der Waals surface area contributed by atoms with Gasteiger partial charge in [-0.05, 0) is 30.7 Å². The summed E-state index contributed by atoms with van der Waals surface area (Å²) in [6.07, 6.45) is 3.07. The maximum atomic E-state index is 12.5. The van der Waals surface area contributed by atoms with Crippen molar-refractivity contribution in [1.82, 2.24) is 9.71 Å². The maximum absolute atomic E-state index is 12.5. The lowest BCUT2D eigenvalue weighted by molar-refractivity contribution is 0.314. The highest BCUT2D eigenvalue weighted by Crippen LogP contribution is 2.23. The molecule has 148 valence electrons. The number of benzene rings is 2. The van der Waals surface area contributed by atoms with E-state index in [0.717, 1.165) is 17.2 Å². The van der Waals surface area contributed by atoms with Crippen molar-refractivity contribution in [3.05, 3.63) is 60.8 Å². The van der Waals surface area contributed by atoms with Crippen LogP contribution in [0.4, 0.5) is 0 Å². The Labute approximate surface area is 164 Å². The van der Waals surface area contributed by atoms with E-state index in [9.17, 15) is 16.8 Å². The van der Waals surface area contributed by atoms with Gasteiger partial charge in [-0.2, -0.15) is 0 Å². The van der Waals surface area contributed by atoms with Gasteiger partial charge in [0.05, 0.1) is 11.5 Å². The molecule has 3 rings (SSSR count). The van der Waals surface area contributed by atoms with E-state index in [-0.39, 0.29) is 22.9 Å². The van der Waals surface area contributed by atoms with E-state index < -0.39 is 19.9 Å². The molecule has 3 aromatic rings.